The van der Waals surface area contributed by atoms with Crippen LogP contribution in [0.3, 0.4) is 0 Å². The van der Waals surface area contributed by atoms with E-state index in [1.54, 1.807) is 30.7 Å². The largest absolute Gasteiger partial charge is 0.353 e. The van der Waals surface area contributed by atoms with Crippen LogP contribution in [0.15, 0.2) is 41.3 Å². The van der Waals surface area contributed by atoms with E-state index in [1.807, 2.05) is 0 Å². The van der Waals surface area contributed by atoms with Crippen molar-refractivity contribution in [1.82, 2.24) is 14.9 Å². The molecule has 0 saturated carbocycles. The van der Waals surface area contributed by atoms with Gasteiger partial charge in [-0.25, -0.2) is 9.37 Å². The molecule has 2 heterocycles. The molecule has 0 aliphatic carbocycles. The molecule has 1 N–H and O–H groups in total. The van der Waals surface area contributed by atoms with Crippen LogP contribution in [0.25, 0.3) is 0 Å². The van der Waals surface area contributed by atoms with Crippen molar-refractivity contribution in [2.24, 2.45) is 0 Å². The average molecular weight is 408 g/mol. The third-order valence-electron chi connectivity index (χ3n) is 4.11. The van der Waals surface area contributed by atoms with Crippen LogP contribution in [-0.2, 0) is 4.79 Å². The van der Waals surface area contributed by atoms with Crippen LogP contribution < -0.4 is 10.2 Å². The van der Waals surface area contributed by atoms with Crippen molar-refractivity contribution < 1.29 is 9.18 Å². The number of carbonyl (C=O) groups excluding carboxylic acids is 1. The first-order valence-electron chi connectivity index (χ1n) is 8.10. The van der Waals surface area contributed by atoms with Crippen LogP contribution in [0, 0.1) is 5.82 Å². The highest BCUT2D eigenvalue weighted by Crippen LogP contribution is 2.19. The summed E-state index contributed by atoms with van der Waals surface area (Å²) < 4.78 is 14.4. The minimum absolute atomic E-state index is 0.183. The monoisotopic (exact) mass is 407 g/mol. The summed E-state index contributed by atoms with van der Waals surface area (Å²) >= 11 is 3.20. The smallest absolute Gasteiger partial charge is 0.225 e. The maximum Gasteiger partial charge on any atom is 0.225 e. The fraction of sp³-hybridized carbons (Fsp3) is 0.353. The van der Waals surface area contributed by atoms with Gasteiger partial charge in [0.2, 0.25) is 5.91 Å². The van der Waals surface area contributed by atoms with Gasteiger partial charge in [-0.05, 0) is 18.2 Å². The highest BCUT2D eigenvalue weighted by atomic mass is 79.9. The lowest BCUT2D eigenvalue weighted by Gasteiger charge is -2.35. The maximum absolute atomic E-state index is 13.7. The van der Waals surface area contributed by atoms with Crippen LogP contribution in [-0.4, -0.2) is 53.5 Å². The van der Waals surface area contributed by atoms with Gasteiger partial charge in [0.1, 0.15) is 11.6 Å². The molecule has 0 atom stereocenters. The first-order valence-corrected chi connectivity index (χ1v) is 8.89. The van der Waals surface area contributed by atoms with Crippen LogP contribution in [0.5, 0.6) is 0 Å². The Morgan fingerprint density at radius 2 is 2.04 bits per heavy atom. The minimum atomic E-state index is -0.444. The zero-order valence-electron chi connectivity index (χ0n) is 13.7. The predicted molar refractivity (Wildman–Crippen MR) is 98.0 cm³/mol. The first kappa shape index (κ1) is 17.8. The highest BCUT2D eigenvalue weighted by Gasteiger charge is 2.18. The van der Waals surface area contributed by atoms with Gasteiger partial charge in [0.15, 0.2) is 0 Å². The van der Waals surface area contributed by atoms with E-state index >= 15 is 0 Å². The average Bonchev–Trinajstić information content (AvgIpc) is 2.63. The highest BCUT2D eigenvalue weighted by molar-refractivity contribution is 9.10. The number of benzene rings is 1. The number of anilines is 2. The van der Waals surface area contributed by atoms with E-state index in [0.29, 0.717) is 17.4 Å². The molecule has 1 aromatic carbocycles. The van der Waals surface area contributed by atoms with Gasteiger partial charge >= 0.3 is 0 Å². The molecule has 1 aliphatic rings. The number of rotatable bonds is 5. The van der Waals surface area contributed by atoms with Crippen molar-refractivity contribution in [3.63, 3.8) is 0 Å². The van der Waals surface area contributed by atoms with Gasteiger partial charge in [-0.15, -0.1) is 0 Å². The Balaban J connectivity index is 1.43. The van der Waals surface area contributed by atoms with Crippen LogP contribution >= 0.6 is 15.9 Å². The Hall–Kier alpha value is -2.06. The van der Waals surface area contributed by atoms with Crippen molar-refractivity contribution in [2.75, 3.05) is 42.9 Å². The molecule has 0 radical (unpaired) electrons. The first-order chi connectivity index (χ1) is 12.1. The van der Waals surface area contributed by atoms with Gasteiger partial charge in [0.05, 0.1) is 11.9 Å². The number of nitrogens with zero attached hydrogens (tertiary/aromatic N) is 4. The van der Waals surface area contributed by atoms with E-state index < -0.39 is 5.82 Å². The normalized spacial score (nSPS) is 15.2. The quantitative estimate of drug-likeness (QED) is 0.824. The third kappa shape index (κ3) is 4.96. The van der Waals surface area contributed by atoms with Gasteiger partial charge in [-0.2, -0.15) is 0 Å². The topological polar surface area (TPSA) is 61.4 Å². The van der Waals surface area contributed by atoms with Crippen molar-refractivity contribution >= 4 is 33.3 Å². The van der Waals surface area contributed by atoms with E-state index in [0.717, 1.165) is 32.0 Å². The molecule has 0 unspecified atom stereocenters. The van der Waals surface area contributed by atoms with E-state index in [4.69, 9.17) is 0 Å². The number of halogens is 2. The van der Waals surface area contributed by atoms with Gasteiger partial charge < -0.3 is 10.2 Å². The number of hydrogen-bond acceptors (Lipinski definition) is 5. The van der Waals surface area contributed by atoms with Crippen molar-refractivity contribution in [2.45, 2.75) is 6.42 Å². The fourth-order valence-electron chi connectivity index (χ4n) is 2.72. The fourth-order valence-corrected chi connectivity index (χ4v) is 3.05. The number of aromatic nitrogens is 2. The molecule has 25 heavy (non-hydrogen) atoms. The van der Waals surface area contributed by atoms with Crippen molar-refractivity contribution in [1.29, 1.82) is 0 Å². The minimum Gasteiger partial charge on any atom is -0.353 e. The molecular formula is C17H19BrFN5O. The van der Waals surface area contributed by atoms with Crippen LogP contribution in [0.2, 0.25) is 0 Å². The molecule has 8 heteroatoms. The summed E-state index contributed by atoms with van der Waals surface area (Å²) in [4.78, 5) is 24.8. The molecule has 1 fully saturated rings. The lowest BCUT2D eigenvalue weighted by molar-refractivity contribution is -0.116. The molecule has 0 spiro atoms. The van der Waals surface area contributed by atoms with E-state index in [-0.39, 0.29) is 11.6 Å². The summed E-state index contributed by atoms with van der Waals surface area (Å²) in [5, 5.41) is 2.62. The molecule has 6 nitrogen and oxygen atoms in total. The van der Waals surface area contributed by atoms with Gasteiger partial charge in [0, 0.05) is 56.0 Å². The maximum atomic E-state index is 13.7. The van der Waals surface area contributed by atoms with E-state index in [9.17, 15) is 9.18 Å². The summed E-state index contributed by atoms with van der Waals surface area (Å²) in [7, 11) is 0. The molecule has 1 amide bonds. The van der Waals surface area contributed by atoms with E-state index in [1.165, 1.54) is 6.07 Å². The Morgan fingerprint density at radius 1 is 1.24 bits per heavy atom. The van der Waals surface area contributed by atoms with Crippen molar-refractivity contribution in [3.8, 4) is 0 Å². The molecule has 3 rings (SSSR count). The van der Waals surface area contributed by atoms with Crippen molar-refractivity contribution in [3.05, 3.63) is 47.1 Å². The molecule has 2 aromatic rings. The summed E-state index contributed by atoms with van der Waals surface area (Å²) in [5.74, 6) is 0.253. The Bertz CT molecular complexity index is 722. The lowest BCUT2D eigenvalue weighted by atomic mass is 10.2. The molecule has 1 aromatic heterocycles. The van der Waals surface area contributed by atoms with Gasteiger partial charge in [-0.1, -0.05) is 15.9 Å². The summed E-state index contributed by atoms with van der Waals surface area (Å²) in [6.07, 6.45) is 5.44. The molecule has 132 valence electrons. The summed E-state index contributed by atoms with van der Waals surface area (Å²) in [6, 6.07) is 4.59. The number of piperazine rings is 1. The number of carbonyl (C=O) groups is 1. The second kappa shape index (κ2) is 8.35. The molecule has 1 saturated heterocycles. The zero-order chi connectivity index (χ0) is 17.6. The van der Waals surface area contributed by atoms with Gasteiger partial charge in [-0.3, -0.25) is 14.7 Å². The molecule has 1 aliphatic heterocycles. The Morgan fingerprint density at radius 3 is 2.72 bits per heavy atom. The number of nitrogens with one attached hydrogen (secondary N) is 1. The van der Waals surface area contributed by atoms with Gasteiger partial charge in [0.25, 0.3) is 0 Å². The number of amides is 1. The second-order valence-electron chi connectivity index (χ2n) is 5.81. The SMILES string of the molecule is O=C(CCN1CCN(c2cnccn2)CC1)Nc1ccc(Br)cc1F. The summed E-state index contributed by atoms with van der Waals surface area (Å²) in [6.45, 7) is 4.06. The van der Waals surface area contributed by atoms with Crippen LogP contribution in [0.4, 0.5) is 15.9 Å². The third-order valence-corrected chi connectivity index (χ3v) is 4.60. The lowest BCUT2D eigenvalue weighted by Crippen LogP contribution is -2.47. The molecule has 0 bridgehead atoms. The molecular weight excluding hydrogens is 389 g/mol. The Kier molecular flexibility index (Phi) is 5.93. The van der Waals surface area contributed by atoms with E-state index in [2.05, 4.69) is 41.0 Å². The second-order valence-corrected chi connectivity index (χ2v) is 6.73. The van der Waals surface area contributed by atoms with Crippen LogP contribution in [0.1, 0.15) is 6.42 Å². The zero-order valence-corrected chi connectivity index (χ0v) is 15.2. The number of hydrogen-bond donors (Lipinski definition) is 1. The summed E-state index contributed by atoms with van der Waals surface area (Å²) in [5.41, 5.74) is 0.209. The Labute approximate surface area is 154 Å². The standard InChI is InChI=1S/C17H19BrFN5O/c18-13-1-2-15(14(19)11-13)22-17(25)3-6-23-7-9-24(10-8-23)16-12-20-4-5-21-16/h1-2,4-5,11-12H,3,6-10H2,(H,22,25). The predicted octanol–water partition coefficient (Wildman–Crippen LogP) is 2.53.